The molecule has 3 aliphatic heterocycles. The SMILES string of the molecule is CCOC(=O)[C@@H]1C[C@]2(C(=O)Nc3ccc([N+](=O)[O-])cc32)N2CCC[C@H]12. The lowest BCUT2D eigenvalue weighted by Crippen LogP contribution is -2.47. The Morgan fingerprint density at radius 1 is 1.52 bits per heavy atom. The number of hydrogen-bond acceptors (Lipinski definition) is 6. The van der Waals surface area contributed by atoms with Crippen LogP contribution in [0.25, 0.3) is 0 Å². The Morgan fingerprint density at radius 2 is 2.32 bits per heavy atom. The molecule has 132 valence electrons. The van der Waals surface area contributed by atoms with E-state index in [0.29, 0.717) is 30.8 Å². The molecule has 2 saturated heterocycles. The summed E-state index contributed by atoms with van der Waals surface area (Å²) in [7, 11) is 0. The third kappa shape index (κ3) is 2.10. The van der Waals surface area contributed by atoms with Crippen LogP contribution in [0.1, 0.15) is 31.7 Å². The molecular weight excluding hydrogens is 326 g/mol. The summed E-state index contributed by atoms with van der Waals surface area (Å²) >= 11 is 0. The summed E-state index contributed by atoms with van der Waals surface area (Å²) in [5.41, 5.74) is 0.126. The number of hydrogen-bond donors (Lipinski definition) is 1. The maximum absolute atomic E-state index is 12.9. The lowest BCUT2D eigenvalue weighted by molar-refractivity contribution is -0.384. The highest BCUT2D eigenvalue weighted by molar-refractivity contribution is 6.07. The van der Waals surface area contributed by atoms with E-state index in [1.807, 2.05) is 0 Å². The van der Waals surface area contributed by atoms with Gasteiger partial charge in [-0.2, -0.15) is 0 Å². The van der Waals surface area contributed by atoms with Crippen LogP contribution in [0.5, 0.6) is 0 Å². The number of rotatable bonds is 3. The highest BCUT2D eigenvalue weighted by atomic mass is 16.6. The topological polar surface area (TPSA) is 102 Å². The van der Waals surface area contributed by atoms with Crippen LogP contribution >= 0.6 is 0 Å². The molecule has 1 aromatic carbocycles. The van der Waals surface area contributed by atoms with Gasteiger partial charge in [0.05, 0.1) is 17.4 Å². The molecule has 1 amide bonds. The number of benzene rings is 1. The van der Waals surface area contributed by atoms with Gasteiger partial charge in [-0.1, -0.05) is 0 Å². The average Bonchev–Trinajstić information content (AvgIpc) is 3.23. The van der Waals surface area contributed by atoms with Crippen molar-refractivity contribution < 1.29 is 19.2 Å². The van der Waals surface area contributed by atoms with E-state index in [9.17, 15) is 19.7 Å². The standard InChI is InChI=1S/C17H19N3O5/c1-2-25-15(21)11-9-17(19-7-3-4-14(11)19)12-8-10(20(23)24)5-6-13(12)18-16(17)22/h5-6,8,11,14H,2-4,7,9H2,1H3,(H,18,22)/t11-,14-,17+/m1/s1. The van der Waals surface area contributed by atoms with Gasteiger partial charge in [0.15, 0.2) is 0 Å². The Kier molecular flexibility index (Phi) is 3.54. The Hall–Kier alpha value is -2.48. The fourth-order valence-electron chi connectivity index (χ4n) is 4.68. The Bertz CT molecular complexity index is 780. The highest BCUT2D eigenvalue weighted by Crippen LogP contribution is 2.55. The number of anilines is 1. The van der Waals surface area contributed by atoms with Gasteiger partial charge in [0, 0.05) is 29.4 Å². The van der Waals surface area contributed by atoms with Gasteiger partial charge in [-0.05, 0) is 38.8 Å². The first kappa shape index (κ1) is 16.0. The number of nitro benzene ring substituents is 1. The number of non-ortho nitro benzene ring substituents is 1. The number of carbonyl (C=O) groups excluding carboxylic acids is 2. The normalized spacial score (nSPS) is 30.2. The second-order valence-electron chi connectivity index (χ2n) is 6.77. The predicted octanol–water partition coefficient (Wildman–Crippen LogP) is 1.79. The average molecular weight is 345 g/mol. The monoisotopic (exact) mass is 345 g/mol. The van der Waals surface area contributed by atoms with Crippen molar-refractivity contribution in [3.05, 3.63) is 33.9 Å². The van der Waals surface area contributed by atoms with Crippen molar-refractivity contribution >= 4 is 23.3 Å². The van der Waals surface area contributed by atoms with Crippen molar-refractivity contribution in [3.63, 3.8) is 0 Å². The predicted molar refractivity (Wildman–Crippen MR) is 87.9 cm³/mol. The van der Waals surface area contributed by atoms with Crippen LogP contribution in [0.15, 0.2) is 18.2 Å². The summed E-state index contributed by atoms with van der Waals surface area (Å²) in [5, 5.41) is 14.0. The van der Waals surface area contributed by atoms with Gasteiger partial charge in [0.1, 0.15) is 5.54 Å². The fourth-order valence-corrected chi connectivity index (χ4v) is 4.68. The molecule has 0 aliphatic carbocycles. The van der Waals surface area contributed by atoms with Crippen molar-refractivity contribution in [2.75, 3.05) is 18.5 Å². The van der Waals surface area contributed by atoms with E-state index in [1.165, 1.54) is 12.1 Å². The summed E-state index contributed by atoms with van der Waals surface area (Å²) in [6.07, 6.45) is 2.01. The number of carbonyl (C=O) groups is 2. The minimum absolute atomic E-state index is 0.0510. The van der Waals surface area contributed by atoms with Gasteiger partial charge in [-0.15, -0.1) is 0 Å². The molecule has 8 heteroatoms. The van der Waals surface area contributed by atoms with Crippen molar-refractivity contribution in [1.82, 2.24) is 4.90 Å². The van der Waals surface area contributed by atoms with Crippen LogP contribution < -0.4 is 5.32 Å². The number of amides is 1. The number of fused-ring (bicyclic) bond motifs is 4. The van der Waals surface area contributed by atoms with Gasteiger partial charge in [0.25, 0.3) is 5.69 Å². The molecule has 1 spiro atoms. The van der Waals surface area contributed by atoms with E-state index >= 15 is 0 Å². The van der Waals surface area contributed by atoms with E-state index in [2.05, 4.69) is 10.2 Å². The first-order valence-electron chi connectivity index (χ1n) is 8.53. The van der Waals surface area contributed by atoms with Gasteiger partial charge >= 0.3 is 5.97 Å². The van der Waals surface area contributed by atoms with Gasteiger partial charge in [0.2, 0.25) is 5.91 Å². The van der Waals surface area contributed by atoms with Crippen LogP contribution in [0.4, 0.5) is 11.4 Å². The molecule has 2 fully saturated rings. The molecule has 25 heavy (non-hydrogen) atoms. The molecular formula is C17H19N3O5. The van der Waals surface area contributed by atoms with Gasteiger partial charge in [-0.25, -0.2) is 0 Å². The first-order chi connectivity index (χ1) is 12.0. The van der Waals surface area contributed by atoms with Gasteiger partial charge < -0.3 is 10.1 Å². The molecule has 0 aromatic heterocycles. The number of nitrogens with one attached hydrogen (secondary N) is 1. The third-order valence-corrected chi connectivity index (χ3v) is 5.64. The molecule has 1 aromatic rings. The quantitative estimate of drug-likeness (QED) is 0.509. The summed E-state index contributed by atoms with van der Waals surface area (Å²) in [6, 6.07) is 4.37. The molecule has 3 atom stereocenters. The molecule has 0 saturated carbocycles. The maximum atomic E-state index is 12.9. The fraction of sp³-hybridized carbons (Fsp3) is 0.529. The Labute approximate surface area is 144 Å². The second-order valence-corrected chi connectivity index (χ2v) is 6.77. The van der Waals surface area contributed by atoms with Crippen LogP contribution in [0, 0.1) is 16.0 Å². The minimum Gasteiger partial charge on any atom is -0.466 e. The maximum Gasteiger partial charge on any atom is 0.310 e. The smallest absolute Gasteiger partial charge is 0.310 e. The molecule has 3 heterocycles. The van der Waals surface area contributed by atoms with Crippen molar-refractivity contribution in [2.24, 2.45) is 5.92 Å². The van der Waals surface area contributed by atoms with Gasteiger partial charge in [-0.3, -0.25) is 24.6 Å². The highest BCUT2D eigenvalue weighted by Gasteiger charge is 2.63. The summed E-state index contributed by atoms with van der Waals surface area (Å²) in [5.74, 6) is -0.886. The minimum atomic E-state index is -1.01. The molecule has 0 bridgehead atoms. The number of ether oxygens (including phenoxy) is 1. The zero-order valence-electron chi connectivity index (χ0n) is 13.9. The van der Waals surface area contributed by atoms with Crippen LogP contribution in [-0.2, 0) is 19.9 Å². The van der Waals surface area contributed by atoms with E-state index in [4.69, 9.17) is 4.74 Å². The van der Waals surface area contributed by atoms with E-state index in [0.717, 1.165) is 12.8 Å². The third-order valence-electron chi connectivity index (χ3n) is 5.64. The molecule has 0 unspecified atom stereocenters. The number of nitrogens with zero attached hydrogens (tertiary/aromatic N) is 2. The largest absolute Gasteiger partial charge is 0.466 e. The summed E-state index contributed by atoms with van der Waals surface area (Å²) in [4.78, 5) is 38.1. The zero-order valence-corrected chi connectivity index (χ0v) is 13.9. The molecule has 0 radical (unpaired) electrons. The lowest BCUT2D eigenvalue weighted by Gasteiger charge is -2.32. The second kappa shape index (κ2) is 5.52. The molecule has 8 nitrogen and oxygen atoms in total. The summed E-state index contributed by atoms with van der Waals surface area (Å²) < 4.78 is 5.22. The van der Waals surface area contributed by atoms with Crippen molar-refractivity contribution in [1.29, 1.82) is 0 Å². The summed E-state index contributed by atoms with van der Waals surface area (Å²) in [6.45, 7) is 2.75. The van der Waals surface area contributed by atoms with E-state index < -0.39 is 16.4 Å². The number of nitro groups is 1. The van der Waals surface area contributed by atoms with E-state index in [1.54, 1.807) is 13.0 Å². The lowest BCUT2D eigenvalue weighted by atomic mass is 9.84. The van der Waals surface area contributed by atoms with Crippen molar-refractivity contribution in [2.45, 2.75) is 37.8 Å². The van der Waals surface area contributed by atoms with Crippen LogP contribution in [0.2, 0.25) is 0 Å². The molecule has 4 rings (SSSR count). The molecule has 3 aliphatic rings. The van der Waals surface area contributed by atoms with E-state index in [-0.39, 0.29) is 23.6 Å². The Balaban J connectivity index is 1.82. The van der Waals surface area contributed by atoms with Crippen molar-refractivity contribution in [3.8, 4) is 0 Å². The van der Waals surface area contributed by atoms with Crippen LogP contribution in [-0.4, -0.2) is 40.9 Å². The number of esters is 1. The molecule has 1 N–H and O–H groups in total. The zero-order chi connectivity index (χ0) is 17.8. The van der Waals surface area contributed by atoms with Crippen LogP contribution in [0.3, 0.4) is 0 Å². The first-order valence-corrected chi connectivity index (χ1v) is 8.53. The Morgan fingerprint density at radius 3 is 3.04 bits per heavy atom.